The zero-order valence-corrected chi connectivity index (χ0v) is 16.2. The first-order valence-electron chi connectivity index (χ1n) is 9.83. The standard InChI is InChI=1S/C21H31N3O2/c1-15-6-8-19(9-7-15)24-14-18(11-20(24)25)21(26)22-12-17(3)23-10-4-5-16(2)13-23/h6-9,16-18H,4-5,10-14H2,1-3H3,(H,22,26). The molecule has 142 valence electrons. The summed E-state index contributed by atoms with van der Waals surface area (Å²) in [5.74, 6) is 0.519. The van der Waals surface area contributed by atoms with Crippen molar-refractivity contribution in [2.75, 3.05) is 31.1 Å². The maximum absolute atomic E-state index is 12.6. The average Bonchev–Trinajstić information content (AvgIpc) is 3.02. The molecule has 2 fully saturated rings. The van der Waals surface area contributed by atoms with Crippen LogP contribution in [0.15, 0.2) is 24.3 Å². The number of likely N-dealkylation sites (tertiary alicyclic amines) is 1. The molecule has 0 saturated carbocycles. The van der Waals surface area contributed by atoms with Gasteiger partial charge in [-0.25, -0.2) is 0 Å². The molecule has 1 aromatic rings. The fourth-order valence-corrected chi connectivity index (χ4v) is 4.01. The molecule has 3 unspecified atom stereocenters. The maximum atomic E-state index is 12.6. The summed E-state index contributed by atoms with van der Waals surface area (Å²) in [5.41, 5.74) is 2.04. The van der Waals surface area contributed by atoms with E-state index in [9.17, 15) is 9.59 Å². The highest BCUT2D eigenvalue weighted by Crippen LogP contribution is 2.25. The van der Waals surface area contributed by atoms with Gasteiger partial charge in [-0.15, -0.1) is 0 Å². The zero-order chi connectivity index (χ0) is 18.7. The third-order valence-electron chi connectivity index (χ3n) is 5.72. The number of piperidine rings is 1. The molecule has 26 heavy (non-hydrogen) atoms. The third-order valence-corrected chi connectivity index (χ3v) is 5.72. The number of hydrogen-bond donors (Lipinski definition) is 1. The van der Waals surface area contributed by atoms with E-state index in [-0.39, 0.29) is 17.7 Å². The molecule has 2 aliphatic heterocycles. The normalized spacial score (nSPS) is 25.3. The molecule has 1 N–H and O–H groups in total. The summed E-state index contributed by atoms with van der Waals surface area (Å²) in [6.45, 7) is 9.85. The molecule has 2 amide bonds. The van der Waals surface area contributed by atoms with E-state index in [4.69, 9.17) is 0 Å². The Labute approximate surface area is 156 Å². The number of rotatable bonds is 5. The first kappa shape index (κ1) is 18.9. The van der Waals surface area contributed by atoms with Gasteiger partial charge in [0.05, 0.1) is 5.92 Å². The van der Waals surface area contributed by atoms with E-state index in [0.29, 0.717) is 25.6 Å². The average molecular weight is 357 g/mol. The van der Waals surface area contributed by atoms with Crippen molar-refractivity contribution in [3.8, 4) is 0 Å². The summed E-state index contributed by atoms with van der Waals surface area (Å²) < 4.78 is 0. The van der Waals surface area contributed by atoms with E-state index in [1.165, 1.54) is 12.8 Å². The number of carbonyl (C=O) groups excluding carboxylic acids is 2. The van der Waals surface area contributed by atoms with Gasteiger partial charge in [0, 0.05) is 37.8 Å². The van der Waals surface area contributed by atoms with Crippen LogP contribution in [0.4, 0.5) is 5.69 Å². The fraction of sp³-hybridized carbons (Fsp3) is 0.619. The lowest BCUT2D eigenvalue weighted by atomic mass is 9.99. The Bertz CT molecular complexity index is 643. The molecule has 3 atom stereocenters. The van der Waals surface area contributed by atoms with Crippen molar-refractivity contribution < 1.29 is 9.59 Å². The van der Waals surface area contributed by atoms with E-state index in [0.717, 1.165) is 30.3 Å². The topological polar surface area (TPSA) is 52.7 Å². The quantitative estimate of drug-likeness (QED) is 0.881. The first-order chi connectivity index (χ1) is 12.4. The first-order valence-corrected chi connectivity index (χ1v) is 9.83. The lowest BCUT2D eigenvalue weighted by Crippen LogP contribution is -2.47. The van der Waals surface area contributed by atoms with Crippen molar-refractivity contribution in [1.82, 2.24) is 10.2 Å². The summed E-state index contributed by atoms with van der Waals surface area (Å²) in [4.78, 5) is 29.1. The maximum Gasteiger partial charge on any atom is 0.227 e. The summed E-state index contributed by atoms with van der Waals surface area (Å²) in [5, 5.41) is 3.08. The van der Waals surface area contributed by atoms with Gasteiger partial charge >= 0.3 is 0 Å². The number of carbonyl (C=O) groups is 2. The van der Waals surface area contributed by atoms with Crippen LogP contribution in [0.2, 0.25) is 0 Å². The van der Waals surface area contributed by atoms with Gasteiger partial charge in [-0.1, -0.05) is 24.6 Å². The van der Waals surface area contributed by atoms with Crippen molar-refractivity contribution in [3.05, 3.63) is 29.8 Å². The number of hydrogen-bond acceptors (Lipinski definition) is 3. The highest BCUT2D eigenvalue weighted by Gasteiger charge is 2.35. The molecule has 0 radical (unpaired) electrons. The van der Waals surface area contributed by atoms with Gasteiger partial charge in [0.25, 0.3) is 0 Å². The minimum absolute atomic E-state index is 0.00451. The molecule has 0 bridgehead atoms. The van der Waals surface area contributed by atoms with Crippen LogP contribution in [0.25, 0.3) is 0 Å². The molecule has 2 saturated heterocycles. The molecule has 1 aromatic carbocycles. The number of amides is 2. The van der Waals surface area contributed by atoms with Gasteiger partial charge in [0.1, 0.15) is 0 Å². The van der Waals surface area contributed by atoms with Crippen molar-refractivity contribution >= 4 is 17.5 Å². The lowest BCUT2D eigenvalue weighted by Gasteiger charge is -2.35. The van der Waals surface area contributed by atoms with Gasteiger partial charge < -0.3 is 10.2 Å². The van der Waals surface area contributed by atoms with E-state index < -0.39 is 0 Å². The minimum Gasteiger partial charge on any atom is -0.354 e. The molecule has 0 aromatic heterocycles. The molecule has 5 nitrogen and oxygen atoms in total. The van der Waals surface area contributed by atoms with Gasteiger partial charge in [-0.2, -0.15) is 0 Å². The van der Waals surface area contributed by atoms with Gasteiger partial charge in [0.15, 0.2) is 0 Å². The monoisotopic (exact) mass is 357 g/mol. The molecule has 0 spiro atoms. The summed E-state index contributed by atoms with van der Waals surface area (Å²) >= 11 is 0. The number of benzene rings is 1. The van der Waals surface area contributed by atoms with Crippen LogP contribution in [0.1, 0.15) is 38.7 Å². The molecule has 5 heteroatoms. The Kier molecular flexibility index (Phi) is 5.97. The Morgan fingerprint density at radius 2 is 2.00 bits per heavy atom. The lowest BCUT2D eigenvalue weighted by molar-refractivity contribution is -0.126. The number of nitrogens with one attached hydrogen (secondary N) is 1. The SMILES string of the molecule is Cc1ccc(N2CC(C(=O)NCC(C)N3CCCC(C)C3)CC2=O)cc1. The van der Waals surface area contributed by atoms with Gasteiger partial charge in [0.2, 0.25) is 11.8 Å². The van der Waals surface area contributed by atoms with Gasteiger partial charge in [-0.05, 0) is 51.3 Å². The summed E-state index contributed by atoms with van der Waals surface area (Å²) in [6.07, 6.45) is 2.84. The van der Waals surface area contributed by atoms with Crippen LogP contribution in [-0.2, 0) is 9.59 Å². The largest absolute Gasteiger partial charge is 0.354 e. The van der Waals surface area contributed by atoms with Gasteiger partial charge in [-0.3, -0.25) is 14.5 Å². The highest BCUT2D eigenvalue weighted by atomic mass is 16.2. The van der Waals surface area contributed by atoms with Crippen molar-refractivity contribution in [2.45, 2.75) is 46.1 Å². The third kappa shape index (κ3) is 4.44. The Morgan fingerprint density at radius 3 is 2.69 bits per heavy atom. The predicted octanol–water partition coefficient (Wildman–Crippen LogP) is 2.58. The van der Waals surface area contributed by atoms with Crippen molar-refractivity contribution in [3.63, 3.8) is 0 Å². The van der Waals surface area contributed by atoms with Crippen LogP contribution in [0.3, 0.4) is 0 Å². The second-order valence-electron chi connectivity index (χ2n) is 8.08. The Hall–Kier alpha value is -1.88. The van der Waals surface area contributed by atoms with Crippen LogP contribution in [-0.4, -0.2) is 48.9 Å². The van der Waals surface area contributed by atoms with Crippen LogP contribution >= 0.6 is 0 Å². The number of nitrogens with zero attached hydrogens (tertiary/aromatic N) is 2. The number of anilines is 1. The second-order valence-corrected chi connectivity index (χ2v) is 8.08. The molecular weight excluding hydrogens is 326 g/mol. The molecule has 0 aliphatic carbocycles. The Morgan fingerprint density at radius 1 is 1.27 bits per heavy atom. The minimum atomic E-state index is -0.253. The van der Waals surface area contributed by atoms with Crippen molar-refractivity contribution in [1.29, 1.82) is 0 Å². The van der Waals surface area contributed by atoms with Crippen LogP contribution in [0, 0.1) is 18.8 Å². The van der Waals surface area contributed by atoms with E-state index in [1.807, 2.05) is 31.2 Å². The smallest absolute Gasteiger partial charge is 0.227 e. The zero-order valence-electron chi connectivity index (χ0n) is 16.2. The molecule has 3 rings (SSSR count). The summed E-state index contributed by atoms with van der Waals surface area (Å²) in [6, 6.07) is 8.24. The van der Waals surface area contributed by atoms with Crippen LogP contribution in [0.5, 0.6) is 0 Å². The van der Waals surface area contributed by atoms with E-state index in [2.05, 4.69) is 24.1 Å². The summed E-state index contributed by atoms with van der Waals surface area (Å²) in [7, 11) is 0. The van der Waals surface area contributed by atoms with Crippen molar-refractivity contribution in [2.24, 2.45) is 11.8 Å². The molecule has 2 heterocycles. The van der Waals surface area contributed by atoms with Crippen LogP contribution < -0.4 is 10.2 Å². The van der Waals surface area contributed by atoms with E-state index >= 15 is 0 Å². The Balaban J connectivity index is 1.51. The molecule has 2 aliphatic rings. The predicted molar refractivity (Wildman–Crippen MR) is 104 cm³/mol. The highest BCUT2D eigenvalue weighted by molar-refractivity contribution is 6.00. The fourth-order valence-electron chi connectivity index (χ4n) is 4.01. The second kappa shape index (κ2) is 8.21. The van der Waals surface area contributed by atoms with E-state index in [1.54, 1.807) is 4.90 Å². The molecular formula is C21H31N3O2. The number of aryl methyl sites for hydroxylation is 1.